The molecular formula is C13H19F3N3+. The predicted octanol–water partition coefficient (Wildman–Crippen LogP) is 0.618. The first-order valence-electron chi connectivity index (χ1n) is 6.35. The first-order valence-corrected chi connectivity index (χ1v) is 6.35. The number of rotatable bonds is 2. The van der Waals surface area contributed by atoms with Crippen molar-refractivity contribution in [3.63, 3.8) is 0 Å². The molecule has 0 unspecified atom stereocenters. The molecule has 0 aliphatic carbocycles. The minimum absolute atomic E-state index is 0.152. The van der Waals surface area contributed by atoms with Gasteiger partial charge in [-0.25, -0.2) is 0 Å². The summed E-state index contributed by atoms with van der Waals surface area (Å²) in [5.41, 5.74) is 5.30. The van der Waals surface area contributed by atoms with Crippen LogP contribution in [0.2, 0.25) is 0 Å². The molecule has 3 N–H and O–H groups in total. The molecule has 6 heteroatoms. The number of hydrogen-bond acceptors (Lipinski definition) is 2. The van der Waals surface area contributed by atoms with Crippen LogP contribution in [0.25, 0.3) is 0 Å². The Hall–Kier alpha value is -1.27. The van der Waals surface area contributed by atoms with Gasteiger partial charge in [0.25, 0.3) is 0 Å². The van der Waals surface area contributed by atoms with Gasteiger partial charge in [-0.15, -0.1) is 0 Å². The highest BCUT2D eigenvalue weighted by molar-refractivity contribution is 5.46. The van der Waals surface area contributed by atoms with Crippen LogP contribution in [0.4, 0.5) is 18.9 Å². The average molecular weight is 274 g/mol. The summed E-state index contributed by atoms with van der Waals surface area (Å²) in [6.45, 7) is 3.93. The van der Waals surface area contributed by atoms with Gasteiger partial charge in [-0.1, -0.05) is 6.07 Å². The van der Waals surface area contributed by atoms with E-state index in [1.54, 1.807) is 0 Å². The van der Waals surface area contributed by atoms with Crippen molar-refractivity contribution in [3.8, 4) is 0 Å². The summed E-state index contributed by atoms with van der Waals surface area (Å²) in [7, 11) is 2.10. The van der Waals surface area contributed by atoms with Crippen molar-refractivity contribution >= 4 is 5.69 Å². The number of quaternary nitrogens is 1. The molecule has 1 aliphatic rings. The number of nitrogens with one attached hydrogen (secondary N) is 1. The van der Waals surface area contributed by atoms with Gasteiger partial charge >= 0.3 is 6.18 Å². The zero-order valence-corrected chi connectivity index (χ0v) is 10.9. The molecule has 0 atom stereocenters. The number of piperazine rings is 1. The highest BCUT2D eigenvalue weighted by Crippen LogP contribution is 2.33. The maximum Gasteiger partial charge on any atom is 0.416 e. The molecule has 0 amide bonds. The van der Waals surface area contributed by atoms with Crippen LogP contribution in [0.5, 0.6) is 0 Å². The fraction of sp³-hybridized carbons (Fsp3) is 0.538. The maximum absolute atomic E-state index is 13.0. The van der Waals surface area contributed by atoms with Crippen LogP contribution in [0.3, 0.4) is 0 Å². The number of likely N-dealkylation sites (N-methyl/N-ethyl adjacent to an activating group) is 1. The Morgan fingerprint density at radius 3 is 2.47 bits per heavy atom. The van der Waals surface area contributed by atoms with Crippen molar-refractivity contribution < 1.29 is 18.1 Å². The zero-order valence-electron chi connectivity index (χ0n) is 10.9. The first-order chi connectivity index (χ1) is 8.86. The van der Waals surface area contributed by atoms with E-state index >= 15 is 0 Å². The summed E-state index contributed by atoms with van der Waals surface area (Å²) >= 11 is 0. The Morgan fingerprint density at radius 2 is 1.89 bits per heavy atom. The number of hydrogen-bond donors (Lipinski definition) is 2. The molecule has 0 aromatic heterocycles. The number of halogens is 3. The van der Waals surface area contributed by atoms with Gasteiger partial charge in [-0.2, -0.15) is 13.2 Å². The number of anilines is 1. The Morgan fingerprint density at radius 1 is 1.26 bits per heavy atom. The number of nitrogen functional groups attached to an aromatic ring is 1. The van der Waals surface area contributed by atoms with E-state index in [2.05, 4.69) is 11.9 Å². The maximum atomic E-state index is 13.0. The van der Waals surface area contributed by atoms with Crippen molar-refractivity contribution in [1.82, 2.24) is 4.90 Å². The van der Waals surface area contributed by atoms with Gasteiger partial charge in [0.05, 0.1) is 25.7 Å². The fourth-order valence-electron chi connectivity index (χ4n) is 2.33. The van der Waals surface area contributed by atoms with Crippen LogP contribution >= 0.6 is 0 Å². The number of nitrogens with two attached hydrogens (primary N) is 1. The van der Waals surface area contributed by atoms with E-state index in [4.69, 9.17) is 5.73 Å². The average Bonchev–Trinajstić information content (AvgIpc) is 2.33. The normalized spacial score (nSPS) is 18.7. The van der Waals surface area contributed by atoms with E-state index < -0.39 is 11.7 Å². The van der Waals surface area contributed by atoms with Crippen molar-refractivity contribution in [2.24, 2.45) is 0 Å². The topological polar surface area (TPSA) is 33.7 Å². The molecule has 0 spiro atoms. The Bertz CT molecular complexity index is 437. The Balaban J connectivity index is 2.16. The fourth-order valence-corrected chi connectivity index (χ4v) is 2.33. The van der Waals surface area contributed by atoms with Gasteiger partial charge in [-0.05, 0) is 17.7 Å². The molecule has 2 rings (SSSR count). The molecule has 1 saturated heterocycles. The van der Waals surface area contributed by atoms with E-state index in [9.17, 15) is 13.2 Å². The second-order valence-corrected chi connectivity index (χ2v) is 5.15. The number of nitrogens with zero attached hydrogens (tertiary/aromatic N) is 1. The standard InChI is InChI=1S/C13H18F3N3/c1-18-4-6-19(7-5-18)9-10-2-3-11(17)8-12(10)13(14,15)16/h2-3,8H,4-7,9,17H2,1H3/p+1. The molecule has 1 fully saturated rings. The number of benzene rings is 1. The number of alkyl halides is 3. The van der Waals surface area contributed by atoms with Crippen LogP contribution in [-0.2, 0) is 12.7 Å². The summed E-state index contributed by atoms with van der Waals surface area (Å²) in [5.74, 6) is 0. The summed E-state index contributed by atoms with van der Waals surface area (Å²) in [5, 5.41) is 0. The molecule has 1 aromatic rings. The van der Waals surface area contributed by atoms with Gasteiger partial charge in [0.1, 0.15) is 0 Å². The third kappa shape index (κ3) is 3.61. The SMILES string of the molecule is C[NH+]1CCN(Cc2ccc(N)cc2C(F)(F)F)CC1. The molecule has 19 heavy (non-hydrogen) atoms. The van der Waals surface area contributed by atoms with Gasteiger partial charge in [0.15, 0.2) is 0 Å². The van der Waals surface area contributed by atoms with E-state index in [1.807, 2.05) is 0 Å². The van der Waals surface area contributed by atoms with Gasteiger partial charge in [0, 0.05) is 25.3 Å². The molecule has 3 nitrogen and oxygen atoms in total. The van der Waals surface area contributed by atoms with Crippen LogP contribution in [0.1, 0.15) is 11.1 Å². The van der Waals surface area contributed by atoms with E-state index in [-0.39, 0.29) is 5.69 Å². The largest absolute Gasteiger partial charge is 0.416 e. The van der Waals surface area contributed by atoms with Gasteiger partial charge in [-0.3, -0.25) is 4.90 Å². The molecule has 0 radical (unpaired) electrons. The molecule has 106 valence electrons. The second-order valence-electron chi connectivity index (χ2n) is 5.15. The first kappa shape index (κ1) is 14.1. The quantitative estimate of drug-likeness (QED) is 0.775. The van der Waals surface area contributed by atoms with Gasteiger partial charge in [0.2, 0.25) is 0 Å². The second kappa shape index (κ2) is 5.38. The summed E-state index contributed by atoms with van der Waals surface area (Å²) in [4.78, 5) is 3.48. The van der Waals surface area contributed by atoms with Crippen LogP contribution in [0.15, 0.2) is 18.2 Å². The molecule has 1 aromatic carbocycles. The molecule has 1 aliphatic heterocycles. The lowest BCUT2D eigenvalue weighted by Crippen LogP contribution is -3.11. The molecule has 0 saturated carbocycles. The smallest absolute Gasteiger partial charge is 0.399 e. The van der Waals surface area contributed by atoms with E-state index in [0.717, 1.165) is 32.2 Å². The van der Waals surface area contributed by atoms with Crippen molar-refractivity contribution in [1.29, 1.82) is 0 Å². The summed E-state index contributed by atoms with van der Waals surface area (Å²) in [6.07, 6.45) is -4.34. The van der Waals surface area contributed by atoms with E-state index in [0.29, 0.717) is 12.1 Å². The van der Waals surface area contributed by atoms with Crippen LogP contribution in [0, 0.1) is 0 Å². The molecule has 0 bridgehead atoms. The monoisotopic (exact) mass is 274 g/mol. The highest BCUT2D eigenvalue weighted by atomic mass is 19.4. The van der Waals surface area contributed by atoms with Crippen molar-refractivity contribution in [3.05, 3.63) is 29.3 Å². The van der Waals surface area contributed by atoms with E-state index in [1.165, 1.54) is 17.0 Å². The van der Waals surface area contributed by atoms with Crippen LogP contribution in [-0.4, -0.2) is 38.1 Å². The predicted molar refractivity (Wildman–Crippen MR) is 67.8 cm³/mol. The summed E-state index contributed by atoms with van der Waals surface area (Å²) < 4.78 is 38.9. The Kier molecular flexibility index (Phi) is 4.01. The minimum atomic E-state index is -4.34. The lowest BCUT2D eigenvalue weighted by atomic mass is 10.1. The van der Waals surface area contributed by atoms with Gasteiger partial charge < -0.3 is 10.6 Å². The third-order valence-corrected chi connectivity index (χ3v) is 3.54. The molecular weight excluding hydrogens is 255 g/mol. The lowest BCUT2D eigenvalue weighted by molar-refractivity contribution is -0.884. The minimum Gasteiger partial charge on any atom is -0.399 e. The summed E-state index contributed by atoms with van der Waals surface area (Å²) in [6, 6.07) is 4.05. The zero-order chi connectivity index (χ0) is 14.0. The van der Waals surface area contributed by atoms with Crippen LogP contribution < -0.4 is 10.6 Å². The third-order valence-electron chi connectivity index (χ3n) is 3.54. The van der Waals surface area contributed by atoms with Crippen molar-refractivity contribution in [2.75, 3.05) is 39.0 Å². The van der Waals surface area contributed by atoms with Crippen molar-refractivity contribution in [2.45, 2.75) is 12.7 Å². The Labute approximate surface area is 110 Å². The molecule has 1 heterocycles. The lowest BCUT2D eigenvalue weighted by Gasteiger charge is -2.30. The highest BCUT2D eigenvalue weighted by Gasteiger charge is 2.34.